The highest BCUT2D eigenvalue weighted by molar-refractivity contribution is 7.98. The molecule has 0 aromatic heterocycles. The van der Waals surface area contributed by atoms with Crippen molar-refractivity contribution in [2.75, 3.05) is 19.5 Å². The molecule has 9 heteroatoms. The van der Waals surface area contributed by atoms with Crippen molar-refractivity contribution in [2.45, 2.75) is 125 Å². The van der Waals surface area contributed by atoms with Crippen molar-refractivity contribution < 1.29 is 27.8 Å². The molecule has 43 heavy (non-hydrogen) atoms. The summed E-state index contributed by atoms with van der Waals surface area (Å²) in [6, 6.07) is 8.22. The highest BCUT2D eigenvalue weighted by Crippen LogP contribution is 2.71. The highest BCUT2D eigenvalue weighted by Gasteiger charge is 2.74. The van der Waals surface area contributed by atoms with E-state index in [1.54, 1.807) is 11.8 Å². The summed E-state index contributed by atoms with van der Waals surface area (Å²) in [5.41, 5.74) is -4.31. The van der Waals surface area contributed by atoms with Crippen LogP contribution in [0.25, 0.3) is 0 Å². The Morgan fingerprint density at radius 1 is 1.00 bits per heavy atom. The Morgan fingerprint density at radius 2 is 1.65 bits per heavy atom. The zero-order valence-corrected chi connectivity index (χ0v) is 27.1. The van der Waals surface area contributed by atoms with E-state index in [1.807, 2.05) is 25.3 Å². The largest absolute Gasteiger partial charge is 0.386 e. The van der Waals surface area contributed by atoms with Gasteiger partial charge < -0.3 is 14.6 Å². The number of nitrogens with zero attached hydrogens (tertiary/aromatic N) is 1. The van der Waals surface area contributed by atoms with Crippen LogP contribution in [-0.2, 0) is 9.47 Å². The number of rotatable bonds is 5. The van der Waals surface area contributed by atoms with Gasteiger partial charge in [0, 0.05) is 41.4 Å². The second kappa shape index (κ2) is 10.0. The van der Waals surface area contributed by atoms with E-state index in [1.165, 1.54) is 0 Å². The number of benzene rings is 1. The topological polar surface area (TPSA) is 68.1 Å². The molecule has 3 saturated carbocycles. The molecule has 0 radical (unpaired) electrons. The lowest BCUT2D eigenvalue weighted by Gasteiger charge is -2.59. The Balaban J connectivity index is 1.48. The lowest BCUT2D eigenvalue weighted by atomic mass is 9.48. The predicted octanol–water partition coefficient (Wildman–Crippen LogP) is 8.59. The Kier molecular flexibility index (Phi) is 7.37. The Morgan fingerprint density at radius 3 is 2.23 bits per heavy atom. The highest BCUT2D eigenvalue weighted by atomic mass is 32.2. The van der Waals surface area contributed by atoms with Gasteiger partial charge >= 0.3 is 0 Å². The van der Waals surface area contributed by atoms with Crippen LogP contribution in [0, 0.1) is 27.6 Å². The van der Waals surface area contributed by atoms with Crippen molar-refractivity contribution in [3.8, 4) is 0 Å². The minimum absolute atomic E-state index is 0.0283. The van der Waals surface area contributed by atoms with Gasteiger partial charge in [0.1, 0.15) is 11.1 Å². The number of allylic oxidation sites excluding steroid dienone is 1. The minimum Gasteiger partial charge on any atom is -0.386 e. The summed E-state index contributed by atoms with van der Waals surface area (Å²) >= 11 is 1.63. The van der Waals surface area contributed by atoms with Crippen LogP contribution >= 0.6 is 11.8 Å². The standard InChI is InChI=1S/C34H46F3NO4S/c1-28(2)19-41-33(42-20-28)15-12-26-27-23(11-14-32(26,18-33)38-40)25-13-16-34(39,30(4,35)31(5,36)37)29(25,3)17-24(27)21-7-9-22(43-6)10-8-21/h7-10,23-25,39H,11-20H2,1-6H3/t23?,24-,25?,29?,30?,32-,34?/m1/s1. The van der Waals surface area contributed by atoms with Crippen molar-refractivity contribution in [2.24, 2.45) is 27.8 Å². The summed E-state index contributed by atoms with van der Waals surface area (Å²) in [4.78, 5) is 14.0. The molecule has 1 heterocycles. The summed E-state index contributed by atoms with van der Waals surface area (Å²) in [5.74, 6) is -5.09. The summed E-state index contributed by atoms with van der Waals surface area (Å²) in [6.45, 7) is 8.58. The molecule has 0 bridgehead atoms. The number of hydrogen-bond donors (Lipinski definition) is 1. The molecule has 6 rings (SSSR count). The van der Waals surface area contributed by atoms with Crippen LogP contribution in [0.5, 0.6) is 0 Å². The zero-order chi connectivity index (χ0) is 31.3. The number of hydrogen-bond acceptors (Lipinski definition) is 6. The Hall–Kier alpha value is -1.42. The molecule has 238 valence electrons. The van der Waals surface area contributed by atoms with E-state index in [4.69, 9.17) is 9.47 Å². The van der Waals surface area contributed by atoms with Gasteiger partial charge in [0.05, 0.1) is 13.2 Å². The number of nitroso groups, excluding NO2 is 1. The van der Waals surface area contributed by atoms with Crippen LogP contribution in [0.3, 0.4) is 0 Å². The van der Waals surface area contributed by atoms with E-state index in [2.05, 4.69) is 31.2 Å². The van der Waals surface area contributed by atoms with Gasteiger partial charge in [-0.05, 0) is 86.8 Å². The van der Waals surface area contributed by atoms with Crippen molar-refractivity contribution in [3.05, 3.63) is 45.9 Å². The molecule has 1 aromatic rings. The molecule has 5 unspecified atom stereocenters. The number of fused-ring (bicyclic) bond motifs is 4. The molecular weight excluding hydrogens is 575 g/mol. The third kappa shape index (κ3) is 4.52. The van der Waals surface area contributed by atoms with Gasteiger partial charge in [0.2, 0.25) is 0 Å². The van der Waals surface area contributed by atoms with Crippen LogP contribution in [-0.4, -0.2) is 53.1 Å². The fourth-order valence-corrected chi connectivity index (χ4v) is 10.1. The summed E-state index contributed by atoms with van der Waals surface area (Å²) < 4.78 is 58.8. The van der Waals surface area contributed by atoms with Crippen LogP contribution in [0.15, 0.2) is 45.5 Å². The first kappa shape index (κ1) is 31.6. The first-order chi connectivity index (χ1) is 20.0. The van der Waals surface area contributed by atoms with Crippen molar-refractivity contribution >= 4 is 11.8 Å². The van der Waals surface area contributed by atoms with E-state index < -0.39 is 33.9 Å². The SMILES string of the molecule is CSc1ccc([C@H]2CC3(C)C(CCC3(O)C(C)(F)C(C)(F)F)C3CC[C@@]4(N=O)CC5(CCC4=C32)OCC(C)(C)CO5)cc1. The number of alkyl halides is 3. The monoisotopic (exact) mass is 621 g/mol. The molecule has 1 spiro atoms. The minimum atomic E-state index is -3.72. The zero-order valence-electron chi connectivity index (χ0n) is 26.3. The average molecular weight is 622 g/mol. The van der Waals surface area contributed by atoms with Gasteiger partial charge in [-0.2, -0.15) is 0 Å². The second-order valence-electron chi connectivity index (χ2n) is 15.4. The van der Waals surface area contributed by atoms with Crippen LogP contribution in [0.4, 0.5) is 13.2 Å². The maximum Gasteiger partial charge on any atom is 0.281 e. The first-order valence-electron chi connectivity index (χ1n) is 15.8. The molecular formula is C34H46F3NO4S. The smallest absolute Gasteiger partial charge is 0.281 e. The fraction of sp³-hybridized carbons (Fsp3) is 0.765. The number of aliphatic hydroxyl groups is 1. The van der Waals surface area contributed by atoms with Gasteiger partial charge in [0.25, 0.3) is 5.92 Å². The summed E-state index contributed by atoms with van der Waals surface area (Å²) in [7, 11) is 0. The van der Waals surface area contributed by atoms with E-state index in [9.17, 15) is 18.8 Å². The van der Waals surface area contributed by atoms with Crippen molar-refractivity contribution in [1.82, 2.24) is 0 Å². The Labute approximate surface area is 257 Å². The third-order valence-corrected chi connectivity index (χ3v) is 13.1. The molecule has 7 atom stereocenters. The average Bonchev–Trinajstić information content (AvgIpc) is 3.25. The first-order valence-corrected chi connectivity index (χ1v) is 17.0. The van der Waals surface area contributed by atoms with Gasteiger partial charge in [-0.15, -0.1) is 16.7 Å². The van der Waals surface area contributed by atoms with Crippen LogP contribution in [0.1, 0.15) is 97.5 Å². The maximum absolute atomic E-state index is 16.3. The van der Waals surface area contributed by atoms with Gasteiger partial charge in [-0.25, -0.2) is 13.2 Å². The van der Waals surface area contributed by atoms with Crippen molar-refractivity contribution in [3.63, 3.8) is 0 Å². The molecule has 4 fully saturated rings. The third-order valence-electron chi connectivity index (χ3n) is 12.3. The molecule has 1 aliphatic heterocycles. The number of halogens is 3. The lowest BCUT2D eigenvalue weighted by molar-refractivity contribution is -0.313. The molecule has 1 N–H and O–H groups in total. The normalized spacial score (nSPS) is 39.9. The number of thioether (sulfide) groups is 1. The Bertz CT molecular complexity index is 1300. The van der Waals surface area contributed by atoms with Gasteiger partial charge in [-0.1, -0.05) is 43.7 Å². The second-order valence-corrected chi connectivity index (χ2v) is 16.3. The number of ether oxygens (including phenoxy) is 2. The fourth-order valence-electron chi connectivity index (χ4n) is 9.66. The molecule has 5 nitrogen and oxygen atoms in total. The summed E-state index contributed by atoms with van der Waals surface area (Å²) in [6.07, 6.45) is 5.44. The van der Waals surface area contributed by atoms with Crippen molar-refractivity contribution in [1.29, 1.82) is 0 Å². The van der Waals surface area contributed by atoms with Crippen LogP contribution in [0.2, 0.25) is 0 Å². The quantitative estimate of drug-likeness (QED) is 0.203. The van der Waals surface area contributed by atoms with E-state index in [0.29, 0.717) is 65.1 Å². The van der Waals surface area contributed by atoms with Gasteiger partial charge in [-0.3, -0.25) is 0 Å². The summed E-state index contributed by atoms with van der Waals surface area (Å²) in [5, 5.41) is 16.0. The lowest BCUT2D eigenvalue weighted by Crippen LogP contribution is -2.66. The van der Waals surface area contributed by atoms with E-state index in [-0.39, 0.29) is 29.6 Å². The van der Waals surface area contributed by atoms with E-state index >= 15 is 4.39 Å². The van der Waals surface area contributed by atoms with E-state index in [0.717, 1.165) is 28.5 Å². The molecule has 4 aliphatic carbocycles. The maximum atomic E-state index is 16.3. The predicted molar refractivity (Wildman–Crippen MR) is 162 cm³/mol. The van der Waals surface area contributed by atoms with Crippen LogP contribution < -0.4 is 0 Å². The van der Waals surface area contributed by atoms with Gasteiger partial charge in [0.15, 0.2) is 11.5 Å². The molecule has 1 saturated heterocycles. The molecule has 5 aliphatic rings. The molecule has 1 aromatic carbocycles. The molecule has 0 amide bonds.